The van der Waals surface area contributed by atoms with Gasteiger partial charge in [0.2, 0.25) is 0 Å². The van der Waals surface area contributed by atoms with Crippen LogP contribution >= 0.6 is 11.6 Å². The first-order chi connectivity index (χ1) is 14.5. The minimum Gasteiger partial charge on any atom is -0.369 e. The predicted molar refractivity (Wildman–Crippen MR) is 116 cm³/mol. The van der Waals surface area contributed by atoms with Gasteiger partial charge < -0.3 is 16.0 Å². The molecule has 0 spiro atoms. The maximum atomic E-state index is 14.1. The van der Waals surface area contributed by atoms with Crippen molar-refractivity contribution in [2.24, 2.45) is 17.6 Å². The summed E-state index contributed by atoms with van der Waals surface area (Å²) in [4.78, 5) is 19.8. The number of nitrogens with zero attached hydrogens (tertiary/aromatic N) is 2. The van der Waals surface area contributed by atoms with Crippen LogP contribution in [0.3, 0.4) is 0 Å². The molecular formula is C23H26ClFN4O. The highest BCUT2D eigenvalue weighted by atomic mass is 35.5. The van der Waals surface area contributed by atoms with E-state index in [1.165, 1.54) is 37.8 Å². The van der Waals surface area contributed by atoms with E-state index in [9.17, 15) is 9.18 Å². The Balaban J connectivity index is 1.55. The maximum Gasteiger partial charge on any atom is 0.255 e. The fraction of sp³-hybridized carbons (Fsp3) is 0.478. The van der Waals surface area contributed by atoms with Gasteiger partial charge in [0.25, 0.3) is 5.91 Å². The SMILES string of the molecule is N[C@H]1CCN(c2c(C(=O)NC(C3CC3)C3CC3)cncc2-c2cc(F)cc(Cl)c2)C1. The van der Waals surface area contributed by atoms with Crippen molar-refractivity contribution in [3.05, 3.63) is 47.0 Å². The second kappa shape index (κ2) is 7.82. The van der Waals surface area contributed by atoms with Crippen LogP contribution in [0, 0.1) is 17.7 Å². The molecule has 2 aromatic rings. The second-order valence-electron chi connectivity index (χ2n) is 8.91. The van der Waals surface area contributed by atoms with Crippen LogP contribution in [-0.2, 0) is 0 Å². The second-order valence-corrected chi connectivity index (χ2v) is 9.35. The Morgan fingerprint density at radius 2 is 1.90 bits per heavy atom. The molecule has 1 saturated heterocycles. The third kappa shape index (κ3) is 4.03. The molecule has 0 radical (unpaired) electrons. The van der Waals surface area contributed by atoms with Gasteiger partial charge in [0.05, 0.1) is 11.3 Å². The summed E-state index contributed by atoms with van der Waals surface area (Å²) in [5, 5.41) is 3.61. The summed E-state index contributed by atoms with van der Waals surface area (Å²) in [6.07, 6.45) is 8.91. The third-order valence-corrected chi connectivity index (χ3v) is 6.65. The van der Waals surface area contributed by atoms with E-state index >= 15 is 0 Å². The minimum absolute atomic E-state index is 0.0451. The number of pyridine rings is 1. The first kappa shape index (κ1) is 19.8. The molecule has 1 aromatic heterocycles. The Bertz CT molecular complexity index is 943. The largest absolute Gasteiger partial charge is 0.369 e. The normalized spacial score (nSPS) is 21.3. The van der Waals surface area contributed by atoms with Gasteiger partial charge in [-0.05, 0) is 67.7 Å². The van der Waals surface area contributed by atoms with Crippen molar-refractivity contribution in [3.63, 3.8) is 0 Å². The Labute approximate surface area is 180 Å². The molecule has 158 valence electrons. The van der Waals surface area contributed by atoms with Gasteiger partial charge in [0.1, 0.15) is 5.82 Å². The molecule has 1 atom stereocenters. The highest BCUT2D eigenvalue weighted by Crippen LogP contribution is 2.45. The number of carbonyl (C=O) groups is 1. The molecule has 2 heterocycles. The lowest BCUT2D eigenvalue weighted by Crippen LogP contribution is -2.39. The van der Waals surface area contributed by atoms with E-state index in [2.05, 4.69) is 15.2 Å². The van der Waals surface area contributed by atoms with Gasteiger partial charge in [-0.25, -0.2) is 4.39 Å². The number of hydrogen-bond donors (Lipinski definition) is 2. The first-order valence-corrected chi connectivity index (χ1v) is 11.1. The number of carbonyl (C=O) groups excluding carboxylic acids is 1. The molecule has 3 N–H and O–H groups in total. The van der Waals surface area contributed by atoms with Crippen LogP contribution < -0.4 is 16.0 Å². The summed E-state index contributed by atoms with van der Waals surface area (Å²) < 4.78 is 14.1. The number of anilines is 1. The van der Waals surface area contributed by atoms with Gasteiger partial charge in [-0.2, -0.15) is 0 Å². The zero-order chi connectivity index (χ0) is 20.8. The average molecular weight is 429 g/mol. The van der Waals surface area contributed by atoms with Gasteiger partial charge in [-0.1, -0.05) is 11.6 Å². The van der Waals surface area contributed by atoms with E-state index in [0.717, 1.165) is 18.7 Å². The van der Waals surface area contributed by atoms with Crippen LogP contribution in [0.15, 0.2) is 30.6 Å². The van der Waals surface area contributed by atoms with Crippen LogP contribution in [0.1, 0.15) is 42.5 Å². The fourth-order valence-electron chi connectivity index (χ4n) is 4.63. The number of benzene rings is 1. The van der Waals surface area contributed by atoms with Crippen molar-refractivity contribution in [1.82, 2.24) is 10.3 Å². The summed E-state index contributed by atoms with van der Waals surface area (Å²) >= 11 is 6.12. The number of aromatic nitrogens is 1. The lowest BCUT2D eigenvalue weighted by atomic mass is 10.0. The lowest BCUT2D eigenvalue weighted by molar-refractivity contribution is 0.0926. The monoisotopic (exact) mass is 428 g/mol. The van der Waals surface area contributed by atoms with E-state index in [1.54, 1.807) is 18.5 Å². The molecule has 0 bridgehead atoms. The average Bonchev–Trinajstić information content (AvgIpc) is 3.64. The van der Waals surface area contributed by atoms with Crippen LogP contribution in [0.4, 0.5) is 10.1 Å². The summed E-state index contributed by atoms with van der Waals surface area (Å²) in [5.41, 5.74) is 8.76. The molecule has 5 nitrogen and oxygen atoms in total. The maximum absolute atomic E-state index is 14.1. The van der Waals surface area contributed by atoms with Crippen LogP contribution in [0.25, 0.3) is 11.1 Å². The van der Waals surface area contributed by atoms with E-state index in [1.807, 2.05) is 0 Å². The molecule has 1 aliphatic heterocycles. The van der Waals surface area contributed by atoms with Crippen LogP contribution in [0.5, 0.6) is 0 Å². The van der Waals surface area contributed by atoms with Crippen molar-refractivity contribution in [3.8, 4) is 11.1 Å². The zero-order valence-corrected chi connectivity index (χ0v) is 17.5. The van der Waals surface area contributed by atoms with Crippen LogP contribution in [-0.4, -0.2) is 36.1 Å². The van der Waals surface area contributed by atoms with Gasteiger partial charge in [-0.15, -0.1) is 0 Å². The van der Waals surface area contributed by atoms with Crippen molar-refractivity contribution >= 4 is 23.2 Å². The Kier molecular flexibility index (Phi) is 5.15. The molecule has 3 aliphatic rings. The summed E-state index contributed by atoms with van der Waals surface area (Å²) in [5.74, 6) is 0.677. The number of nitrogens with one attached hydrogen (secondary N) is 1. The number of rotatable bonds is 6. The molecule has 7 heteroatoms. The molecular weight excluding hydrogens is 403 g/mol. The number of amides is 1. The standard InChI is InChI=1S/C23H26ClFN4O/c24-16-7-15(8-17(25)9-16)19-10-27-11-20(22(19)29-6-5-18(26)12-29)23(30)28-21(13-1-2-13)14-3-4-14/h7-11,13-14,18,21H,1-6,12,26H2,(H,28,30)/t18-/m0/s1. The van der Waals surface area contributed by atoms with E-state index in [4.69, 9.17) is 17.3 Å². The van der Waals surface area contributed by atoms with Gasteiger partial charge in [-0.3, -0.25) is 9.78 Å². The Morgan fingerprint density at radius 3 is 2.50 bits per heavy atom. The van der Waals surface area contributed by atoms with Crippen molar-refractivity contribution in [1.29, 1.82) is 0 Å². The molecule has 2 saturated carbocycles. The molecule has 5 rings (SSSR count). The van der Waals surface area contributed by atoms with Gasteiger partial charge >= 0.3 is 0 Å². The predicted octanol–water partition coefficient (Wildman–Crippen LogP) is 4.00. The highest BCUT2D eigenvalue weighted by Gasteiger charge is 2.42. The molecule has 0 unspecified atom stereocenters. The Hall–Kier alpha value is -2.18. The quantitative estimate of drug-likeness (QED) is 0.729. The summed E-state index contributed by atoms with van der Waals surface area (Å²) in [6, 6.07) is 4.71. The number of hydrogen-bond acceptors (Lipinski definition) is 4. The van der Waals surface area contributed by atoms with Crippen molar-refractivity contribution in [2.45, 2.75) is 44.2 Å². The molecule has 1 amide bonds. The van der Waals surface area contributed by atoms with Crippen molar-refractivity contribution in [2.75, 3.05) is 18.0 Å². The highest BCUT2D eigenvalue weighted by molar-refractivity contribution is 6.30. The van der Waals surface area contributed by atoms with E-state index < -0.39 is 5.82 Å². The number of halogens is 2. The summed E-state index contributed by atoms with van der Waals surface area (Å²) in [6.45, 7) is 1.39. The van der Waals surface area contributed by atoms with Crippen molar-refractivity contribution < 1.29 is 9.18 Å². The Morgan fingerprint density at radius 1 is 1.17 bits per heavy atom. The summed E-state index contributed by atoms with van der Waals surface area (Å²) in [7, 11) is 0. The van der Waals surface area contributed by atoms with Crippen LogP contribution in [0.2, 0.25) is 5.02 Å². The zero-order valence-electron chi connectivity index (χ0n) is 16.8. The topological polar surface area (TPSA) is 71.2 Å². The lowest BCUT2D eigenvalue weighted by Gasteiger charge is -2.26. The van der Waals surface area contributed by atoms with E-state index in [-0.39, 0.29) is 18.0 Å². The fourth-order valence-corrected chi connectivity index (χ4v) is 4.85. The number of nitrogens with two attached hydrogens (primary N) is 1. The van der Waals surface area contributed by atoms with Gasteiger partial charge in [0.15, 0.2) is 0 Å². The molecule has 3 fully saturated rings. The minimum atomic E-state index is -0.418. The first-order valence-electron chi connectivity index (χ1n) is 10.8. The molecule has 2 aliphatic carbocycles. The van der Waals surface area contributed by atoms with E-state index in [0.29, 0.717) is 40.1 Å². The van der Waals surface area contributed by atoms with Gasteiger partial charge in [0, 0.05) is 48.2 Å². The third-order valence-electron chi connectivity index (χ3n) is 6.43. The smallest absolute Gasteiger partial charge is 0.255 e. The molecule has 1 aromatic carbocycles. The molecule has 30 heavy (non-hydrogen) atoms.